The summed E-state index contributed by atoms with van der Waals surface area (Å²) in [5.74, 6) is 0.662. The lowest BCUT2D eigenvalue weighted by Gasteiger charge is -2.01. The number of fused-ring (bicyclic) bond motifs is 1. The SMILES string of the molecule is Cc1cc2c(Cl)cc(C3OC3C3CC3C(=O)OCCO)cc2o1. The highest BCUT2D eigenvalue weighted by atomic mass is 35.5. The predicted octanol–water partition coefficient (Wildman–Crippen LogP) is 3.01. The van der Waals surface area contributed by atoms with Crippen molar-refractivity contribution in [2.24, 2.45) is 11.8 Å². The van der Waals surface area contributed by atoms with Crippen molar-refractivity contribution in [2.45, 2.75) is 25.6 Å². The standard InChI is InChI=1S/C17H17ClO5/c1-8-4-12-13(18)5-9(6-14(12)22-8)15-16(23-15)10-7-11(10)17(20)21-3-2-19/h4-6,10-11,15-16,19H,2-3,7H2,1H3. The molecule has 23 heavy (non-hydrogen) atoms. The largest absolute Gasteiger partial charge is 0.463 e. The van der Waals surface area contributed by atoms with E-state index in [1.807, 2.05) is 25.1 Å². The molecule has 0 radical (unpaired) electrons. The summed E-state index contributed by atoms with van der Waals surface area (Å²) in [5.41, 5.74) is 1.74. The molecule has 122 valence electrons. The number of carbonyl (C=O) groups is 1. The van der Waals surface area contributed by atoms with E-state index in [1.54, 1.807) is 0 Å². The molecule has 1 aliphatic heterocycles. The van der Waals surface area contributed by atoms with E-state index >= 15 is 0 Å². The zero-order valence-electron chi connectivity index (χ0n) is 12.6. The molecule has 0 amide bonds. The van der Waals surface area contributed by atoms with Gasteiger partial charge in [-0.2, -0.15) is 0 Å². The number of hydrogen-bond acceptors (Lipinski definition) is 5. The second-order valence-electron chi connectivity index (χ2n) is 6.19. The van der Waals surface area contributed by atoms with Crippen LogP contribution in [0.2, 0.25) is 5.02 Å². The highest BCUT2D eigenvalue weighted by molar-refractivity contribution is 6.35. The molecule has 1 saturated carbocycles. The molecular formula is C17H17ClO5. The summed E-state index contributed by atoms with van der Waals surface area (Å²) in [7, 11) is 0. The first-order valence-electron chi connectivity index (χ1n) is 7.71. The van der Waals surface area contributed by atoms with Crippen LogP contribution in [0.4, 0.5) is 0 Å². The summed E-state index contributed by atoms with van der Waals surface area (Å²) >= 11 is 6.31. The zero-order valence-corrected chi connectivity index (χ0v) is 13.4. The highest BCUT2D eigenvalue weighted by Gasteiger charge is 2.59. The van der Waals surface area contributed by atoms with Crippen molar-refractivity contribution in [3.63, 3.8) is 0 Å². The fraction of sp³-hybridized carbons (Fsp3) is 0.471. The van der Waals surface area contributed by atoms with Gasteiger partial charge in [-0.1, -0.05) is 11.6 Å². The molecule has 1 aromatic carbocycles. The van der Waals surface area contributed by atoms with Crippen LogP contribution in [0.25, 0.3) is 11.0 Å². The second kappa shape index (κ2) is 5.51. The molecule has 2 heterocycles. The normalized spacial score (nSPS) is 28.8. The lowest BCUT2D eigenvalue weighted by molar-refractivity contribution is -0.146. The number of halogens is 1. The summed E-state index contributed by atoms with van der Waals surface area (Å²) < 4.78 is 16.4. The van der Waals surface area contributed by atoms with Crippen molar-refractivity contribution >= 4 is 28.5 Å². The number of aliphatic hydroxyl groups is 1. The quantitative estimate of drug-likeness (QED) is 0.671. The van der Waals surface area contributed by atoms with Gasteiger partial charge in [-0.25, -0.2) is 0 Å². The van der Waals surface area contributed by atoms with Gasteiger partial charge in [0.2, 0.25) is 0 Å². The maximum Gasteiger partial charge on any atom is 0.309 e. The lowest BCUT2D eigenvalue weighted by atomic mass is 10.1. The van der Waals surface area contributed by atoms with E-state index in [0.29, 0.717) is 5.02 Å². The molecule has 4 rings (SSSR count). The highest BCUT2D eigenvalue weighted by Crippen LogP contribution is 2.56. The van der Waals surface area contributed by atoms with E-state index in [1.165, 1.54) is 0 Å². The Bertz CT molecular complexity index is 768. The number of aliphatic hydroxyl groups excluding tert-OH is 1. The molecule has 0 bridgehead atoms. The number of benzene rings is 1. The first kappa shape index (κ1) is 15.0. The lowest BCUT2D eigenvalue weighted by Crippen LogP contribution is -2.12. The Morgan fingerprint density at radius 3 is 3.04 bits per heavy atom. The molecule has 4 atom stereocenters. The van der Waals surface area contributed by atoms with Crippen LogP contribution in [-0.4, -0.2) is 30.4 Å². The van der Waals surface area contributed by atoms with Crippen LogP contribution in [-0.2, 0) is 14.3 Å². The summed E-state index contributed by atoms with van der Waals surface area (Å²) in [5, 5.41) is 10.2. The average molecular weight is 337 g/mol. The Morgan fingerprint density at radius 1 is 1.43 bits per heavy atom. The number of esters is 1. The van der Waals surface area contributed by atoms with Crippen molar-refractivity contribution in [2.75, 3.05) is 13.2 Å². The molecule has 2 aliphatic rings. The van der Waals surface area contributed by atoms with E-state index in [0.717, 1.165) is 28.7 Å². The number of rotatable bonds is 5. The number of epoxide rings is 1. The Balaban J connectivity index is 1.45. The van der Waals surface area contributed by atoms with Gasteiger partial charge in [0.15, 0.2) is 0 Å². The van der Waals surface area contributed by atoms with Crippen molar-refractivity contribution in [3.05, 3.63) is 34.5 Å². The van der Waals surface area contributed by atoms with Gasteiger partial charge in [-0.05, 0) is 37.1 Å². The first-order valence-corrected chi connectivity index (χ1v) is 8.09. The minimum atomic E-state index is -0.242. The fourth-order valence-corrected chi connectivity index (χ4v) is 3.50. The summed E-state index contributed by atoms with van der Waals surface area (Å²) in [6.07, 6.45) is 0.774. The fourth-order valence-electron chi connectivity index (χ4n) is 3.23. The number of aryl methyl sites for hydroxylation is 1. The number of hydrogen-bond donors (Lipinski definition) is 1. The predicted molar refractivity (Wildman–Crippen MR) is 83.2 cm³/mol. The van der Waals surface area contributed by atoms with E-state index < -0.39 is 0 Å². The van der Waals surface area contributed by atoms with Gasteiger partial charge in [-0.3, -0.25) is 4.79 Å². The second-order valence-corrected chi connectivity index (χ2v) is 6.60. The number of ether oxygens (including phenoxy) is 2. The van der Waals surface area contributed by atoms with Crippen molar-refractivity contribution in [1.82, 2.24) is 0 Å². The summed E-state index contributed by atoms with van der Waals surface area (Å²) in [6, 6.07) is 5.78. The minimum absolute atomic E-state index is 0.0336. The first-order chi connectivity index (χ1) is 11.1. The van der Waals surface area contributed by atoms with Crippen molar-refractivity contribution in [3.8, 4) is 0 Å². The Morgan fingerprint density at radius 2 is 2.26 bits per heavy atom. The van der Waals surface area contributed by atoms with Gasteiger partial charge < -0.3 is 19.0 Å². The molecule has 6 heteroatoms. The molecule has 1 saturated heterocycles. The van der Waals surface area contributed by atoms with E-state index in [2.05, 4.69) is 0 Å². The summed E-state index contributed by atoms with van der Waals surface area (Å²) in [6.45, 7) is 1.80. The minimum Gasteiger partial charge on any atom is -0.463 e. The Labute approximate surface area is 138 Å². The van der Waals surface area contributed by atoms with Crippen LogP contribution in [0.15, 0.2) is 22.6 Å². The van der Waals surface area contributed by atoms with Crippen molar-refractivity contribution in [1.29, 1.82) is 0 Å². The third-order valence-corrected chi connectivity index (χ3v) is 4.80. The maximum absolute atomic E-state index is 11.8. The Hall–Kier alpha value is -1.56. The number of carbonyl (C=O) groups excluding carboxylic acids is 1. The van der Waals surface area contributed by atoms with Crippen LogP contribution in [0.5, 0.6) is 0 Å². The third kappa shape index (κ3) is 2.73. The maximum atomic E-state index is 11.8. The monoisotopic (exact) mass is 336 g/mol. The topological polar surface area (TPSA) is 72.2 Å². The van der Waals surface area contributed by atoms with Gasteiger partial charge in [0.1, 0.15) is 24.1 Å². The van der Waals surface area contributed by atoms with Gasteiger partial charge in [0.05, 0.1) is 23.7 Å². The molecule has 1 aliphatic carbocycles. The molecular weight excluding hydrogens is 320 g/mol. The number of furan rings is 1. The van der Waals surface area contributed by atoms with E-state index in [4.69, 9.17) is 30.6 Å². The molecule has 0 spiro atoms. The summed E-state index contributed by atoms with van der Waals surface area (Å²) in [4.78, 5) is 11.8. The van der Waals surface area contributed by atoms with Crippen LogP contribution < -0.4 is 0 Å². The van der Waals surface area contributed by atoms with E-state index in [-0.39, 0.29) is 43.2 Å². The molecule has 4 unspecified atom stereocenters. The van der Waals surface area contributed by atoms with E-state index in [9.17, 15) is 4.79 Å². The van der Waals surface area contributed by atoms with Crippen molar-refractivity contribution < 1.29 is 23.8 Å². The molecule has 2 fully saturated rings. The van der Waals surface area contributed by atoms with Gasteiger partial charge in [0, 0.05) is 11.3 Å². The van der Waals surface area contributed by atoms with Crippen LogP contribution >= 0.6 is 11.6 Å². The zero-order chi connectivity index (χ0) is 16.1. The van der Waals surface area contributed by atoms with Crippen LogP contribution in [0, 0.1) is 18.8 Å². The average Bonchev–Trinajstić information content (AvgIpc) is 3.39. The van der Waals surface area contributed by atoms with Gasteiger partial charge in [-0.15, -0.1) is 0 Å². The molecule has 2 aromatic rings. The third-order valence-electron chi connectivity index (χ3n) is 4.49. The Kier molecular flexibility index (Phi) is 3.59. The molecule has 5 nitrogen and oxygen atoms in total. The van der Waals surface area contributed by atoms with Gasteiger partial charge >= 0.3 is 5.97 Å². The molecule has 1 aromatic heterocycles. The molecule has 1 N–H and O–H groups in total. The van der Waals surface area contributed by atoms with Crippen LogP contribution in [0.1, 0.15) is 23.8 Å². The van der Waals surface area contributed by atoms with Crippen LogP contribution in [0.3, 0.4) is 0 Å². The van der Waals surface area contributed by atoms with Gasteiger partial charge in [0.25, 0.3) is 0 Å². The smallest absolute Gasteiger partial charge is 0.309 e.